The van der Waals surface area contributed by atoms with Crippen LogP contribution in [0.5, 0.6) is 0 Å². The number of aliphatic hydroxyl groups excluding tert-OH is 1. The van der Waals surface area contributed by atoms with Crippen LogP contribution in [0.4, 0.5) is 0 Å². The van der Waals surface area contributed by atoms with E-state index in [2.05, 4.69) is 24.3 Å². The van der Waals surface area contributed by atoms with Crippen LogP contribution in [0.25, 0.3) is 0 Å². The summed E-state index contributed by atoms with van der Waals surface area (Å²) in [5, 5.41) is 9.41. The summed E-state index contributed by atoms with van der Waals surface area (Å²) in [4.78, 5) is 14.7. The third-order valence-corrected chi connectivity index (χ3v) is 5.49. The van der Waals surface area contributed by atoms with Crippen LogP contribution in [0.1, 0.15) is 36.3 Å². The molecule has 4 atom stereocenters. The van der Waals surface area contributed by atoms with Crippen molar-refractivity contribution in [1.82, 2.24) is 4.90 Å². The number of hydrogen-bond donors (Lipinski definition) is 1. The number of likely N-dealkylation sites (tertiary alicyclic amines) is 1. The molecule has 0 bridgehead atoms. The Balaban J connectivity index is 1.56. The molecule has 106 valence electrons. The van der Waals surface area contributed by atoms with Gasteiger partial charge in [0.25, 0.3) is 0 Å². The zero-order chi connectivity index (χ0) is 13.7. The molecule has 3 aliphatic rings. The Morgan fingerprint density at radius 1 is 1.30 bits per heavy atom. The minimum atomic E-state index is 0.0698. The third-order valence-electron chi connectivity index (χ3n) is 5.49. The average molecular weight is 271 g/mol. The average Bonchev–Trinajstić information content (AvgIpc) is 3.04. The Labute approximate surface area is 119 Å². The largest absolute Gasteiger partial charge is 0.394 e. The van der Waals surface area contributed by atoms with E-state index in [1.165, 1.54) is 11.1 Å². The van der Waals surface area contributed by atoms with Crippen LogP contribution in [0.2, 0.25) is 0 Å². The van der Waals surface area contributed by atoms with E-state index in [1.54, 1.807) is 0 Å². The van der Waals surface area contributed by atoms with Gasteiger partial charge in [-0.05, 0) is 48.6 Å². The smallest absolute Gasteiger partial charge is 0.226 e. The van der Waals surface area contributed by atoms with Crippen molar-refractivity contribution in [2.45, 2.75) is 37.6 Å². The predicted octanol–water partition coefficient (Wildman–Crippen LogP) is 1.95. The maximum absolute atomic E-state index is 12.8. The fraction of sp³-hybridized carbons (Fsp3) is 0.588. The van der Waals surface area contributed by atoms with Gasteiger partial charge in [-0.15, -0.1) is 0 Å². The molecule has 1 aliphatic heterocycles. The van der Waals surface area contributed by atoms with Crippen LogP contribution >= 0.6 is 0 Å². The van der Waals surface area contributed by atoms with Gasteiger partial charge < -0.3 is 10.0 Å². The first kappa shape index (κ1) is 12.4. The minimum Gasteiger partial charge on any atom is -0.394 e. The Morgan fingerprint density at radius 2 is 2.15 bits per heavy atom. The second kappa shape index (κ2) is 4.59. The monoisotopic (exact) mass is 271 g/mol. The second-order valence-electron chi connectivity index (χ2n) is 6.46. The van der Waals surface area contributed by atoms with Gasteiger partial charge in [0.05, 0.1) is 12.6 Å². The molecular formula is C17H21NO2. The van der Waals surface area contributed by atoms with E-state index >= 15 is 0 Å². The number of aliphatic hydroxyl groups is 1. The van der Waals surface area contributed by atoms with E-state index in [0.717, 1.165) is 32.2 Å². The first-order chi connectivity index (χ1) is 9.81. The lowest BCUT2D eigenvalue weighted by atomic mass is 9.92. The van der Waals surface area contributed by atoms with Gasteiger partial charge in [0.15, 0.2) is 0 Å². The van der Waals surface area contributed by atoms with Crippen molar-refractivity contribution in [1.29, 1.82) is 0 Å². The number of rotatable bonds is 2. The molecule has 20 heavy (non-hydrogen) atoms. The lowest BCUT2D eigenvalue weighted by Gasteiger charge is -2.23. The number of fused-ring (bicyclic) bond motifs is 3. The summed E-state index contributed by atoms with van der Waals surface area (Å²) >= 11 is 0. The Morgan fingerprint density at radius 3 is 3.00 bits per heavy atom. The quantitative estimate of drug-likeness (QED) is 0.893. The molecule has 1 aromatic carbocycles. The van der Waals surface area contributed by atoms with Crippen LogP contribution in [0.3, 0.4) is 0 Å². The van der Waals surface area contributed by atoms with E-state index in [1.807, 2.05) is 4.90 Å². The predicted molar refractivity (Wildman–Crippen MR) is 76.3 cm³/mol. The molecule has 1 heterocycles. The summed E-state index contributed by atoms with van der Waals surface area (Å²) in [5.74, 6) is 1.49. The van der Waals surface area contributed by atoms with E-state index < -0.39 is 0 Å². The SMILES string of the molecule is O=C(C1C2CCc3ccccc3C21)N1CCCC1CO. The number of carbonyl (C=O) groups excluding carboxylic acids is 1. The normalized spacial score (nSPS) is 34.5. The highest BCUT2D eigenvalue weighted by Gasteiger charge is 2.58. The van der Waals surface area contributed by atoms with Crippen molar-refractivity contribution in [3.05, 3.63) is 35.4 Å². The second-order valence-corrected chi connectivity index (χ2v) is 6.46. The summed E-state index contributed by atoms with van der Waals surface area (Å²) < 4.78 is 0. The Bertz CT molecular complexity index is 542. The molecule has 1 saturated heterocycles. The summed E-state index contributed by atoms with van der Waals surface area (Å²) in [6.07, 6.45) is 4.26. The third kappa shape index (κ3) is 1.72. The zero-order valence-corrected chi connectivity index (χ0v) is 11.7. The molecule has 0 aromatic heterocycles. The van der Waals surface area contributed by atoms with Crippen molar-refractivity contribution < 1.29 is 9.90 Å². The number of amides is 1. The maximum atomic E-state index is 12.8. The molecule has 1 aromatic rings. The number of hydrogen-bond acceptors (Lipinski definition) is 2. The first-order valence-electron chi connectivity index (χ1n) is 7.80. The van der Waals surface area contributed by atoms with E-state index in [-0.39, 0.29) is 18.6 Å². The highest BCUT2D eigenvalue weighted by molar-refractivity contribution is 5.84. The fourth-order valence-corrected chi connectivity index (χ4v) is 4.41. The molecule has 4 unspecified atom stereocenters. The minimum absolute atomic E-state index is 0.0698. The number of carbonyl (C=O) groups is 1. The lowest BCUT2D eigenvalue weighted by Crippen LogP contribution is -2.39. The van der Waals surface area contributed by atoms with Gasteiger partial charge in [0.2, 0.25) is 5.91 Å². The van der Waals surface area contributed by atoms with Gasteiger partial charge in [-0.1, -0.05) is 24.3 Å². The van der Waals surface area contributed by atoms with Crippen molar-refractivity contribution in [2.75, 3.05) is 13.2 Å². The molecular weight excluding hydrogens is 250 g/mol. The Hall–Kier alpha value is -1.35. The van der Waals surface area contributed by atoms with Crippen LogP contribution in [0.15, 0.2) is 24.3 Å². The van der Waals surface area contributed by atoms with Gasteiger partial charge in [0, 0.05) is 12.5 Å². The van der Waals surface area contributed by atoms with Gasteiger partial charge in [-0.3, -0.25) is 4.79 Å². The topological polar surface area (TPSA) is 40.5 Å². The van der Waals surface area contributed by atoms with Crippen LogP contribution in [-0.2, 0) is 11.2 Å². The van der Waals surface area contributed by atoms with Crippen LogP contribution in [-0.4, -0.2) is 35.1 Å². The van der Waals surface area contributed by atoms with Crippen molar-refractivity contribution in [3.63, 3.8) is 0 Å². The molecule has 1 N–H and O–H groups in total. The lowest BCUT2D eigenvalue weighted by molar-refractivity contribution is -0.134. The summed E-state index contributed by atoms with van der Waals surface area (Å²) in [5.41, 5.74) is 2.84. The van der Waals surface area contributed by atoms with Gasteiger partial charge in [-0.25, -0.2) is 0 Å². The molecule has 4 rings (SSSR count). The molecule has 1 saturated carbocycles. The van der Waals surface area contributed by atoms with Gasteiger partial charge in [-0.2, -0.15) is 0 Å². The summed E-state index contributed by atoms with van der Waals surface area (Å²) in [6.45, 7) is 0.950. The molecule has 3 nitrogen and oxygen atoms in total. The highest BCUT2D eigenvalue weighted by atomic mass is 16.3. The van der Waals surface area contributed by atoms with Crippen molar-refractivity contribution in [2.24, 2.45) is 11.8 Å². The van der Waals surface area contributed by atoms with Gasteiger partial charge in [0.1, 0.15) is 0 Å². The maximum Gasteiger partial charge on any atom is 0.226 e. The first-order valence-corrected chi connectivity index (χ1v) is 7.80. The summed E-state index contributed by atoms with van der Waals surface area (Å²) in [6, 6.07) is 8.67. The van der Waals surface area contributed by atoms with Crippen LogP contribution < -0.4 is 0 Å². The number of benzene rings is 1. The standard InChI is InChI=1S/C17H21NO2/c19-10-12-5-3-9-18(12)17(20)16-14-8-7-11-4-1-2-6-13(11)15(14)16/h1-2,4,6,12,14-16,19H,3,5,7-10H2. The molecule has 0 radical (unpaired) electrons. The van der Waals surface area contributed by atoms with Crippen LogP contribution in [0, 0.1) is 11.8 Å². The fourth-order valence-electron chi connectivity index (χ4n) is 4.41. The zero-order valence-electron chi connectivity index (χ0n) is 11.7. The molecule has 2 aliphatic carbocycles. The molecule has 0 spiro atoms. The van der Waals surface area contributed by atoms with E-state index in [9.17, 15) is 9.90 Å². The number of aryl methyl sites for hydroxylation is 1. The molecule has 2 fully saturated rings. The summed E-state index contributed by atoms with van der Waals surface area (Å²) in [7, 11) is 0. The van der Waals surface area contributed by atoms with Crippen molar-refractivity contribution >= 4 is 5.91 Å². The van der Waals surface area contributed by atoms with Crippen molar-refractivity contribution in [3.8, 4) is 0 Å². The van der Waals surface area contributed by atoms with Gasteiger partial charge >= 0.3 is 0 Å². The highest BCUT2D eigenvalue weighted by Crippen LogP contribution is 2.60. The molecule has 1 amide bonds. The number of nitrogens with zero attached hydrogens (tertiary/aromatic N) is 1. The van der Waals surface area contributed by atoms with E-state index in [0.29, 0.717) is 17.7 Å². The van der Waals surface area contributed by atoms with E-state index in [4.69, 9.17) is 0 Å². The molecule has 3 heteroatoms. The Kier molecular flexibility index (Phi) is 2.84.